The molecule has 9 heteroatoms. The Balaban J connectivity index is 3.10. The predicted octanol–water partition coefficient (Wildman–Crippen LogP) is 1.43. The van der Waals surface area contributed by atoms with Crippen LogP contribution in [0.4, 0.5) is 22.0 Å². The number of rotatable bonds is 2. The molecule has 0 aliphatic rings. The zero-order valence-corrected chi connectivity index (χ0v) is 10.1. The Labute approximate surface area is 110 Å². The second-order valence-electron chi connectivity index (χ2n) is 3.94. The van der Waals surface area contributed by atoms with Crippen LogP contribution in [0.5, 0.6) is 0 Å². The zero-order chi connectivity index (χ0) is 15.7. The fourth-order valence-corrected chi connectivity index (χ4v) is 1.41. The number of hydrogen-bond acceptors (Lipinski definition) is 2. The van der Waals surface area contributed by atoms with Crippen molar-refractivity contribution in [2.75, 3.05) is 7.05 Å². The van der Waals surface area contributed by atoms with Crippen molar-refractivity contribution in [3.05, 3.63) is 34.9 Å². The van der Waals surface area contributed by atoms with Crippen molar-refractivity contribution >= 4 is 11.8 Å². The molecule has 0 aliphatic carbocycles. The highest BCUT2D eigenvalue weighted by Crippen LogP contribution is 2.31. The lowest BCUT2D eigenvalue weighted by molar-refractivity contribution is -0.143. The second-order valence-corrected chi connectivity index (χ2v) is 3.94. The smallest absolute Gasteiger partial charge is 0.361 e. The van der Waals surface area contributed by atoms with E-state index in [1.165, 1.54) is 0 Å². The molecule has 1 rings (SSSR count). The summed E-state index contributed by atoms with van der Waals surface area (Å²) < 4.78 is 63.9. The largest absolute Gasteiger partial charge is 0.416 e. The SMILES string of the molecule is CN(Cc1c(F)cc(C(F)(F)F)cc1F)C(=O)C(N)=O. The van der Waals surface area contributed by atoms with E-state index in [1.807, 2.05) is 0 Å². The number of benzene rings is 1. The highest BCUT2D eigenvalue weighted by atomic mass is 19.4. The molecule has 0 unspecified atom stereocenters. The third kappa shape index (κ3) is 3.43. The predicted molar refractivity (Wildman–Crippen MR) is 57.0 cm³/mol. The molecule has 2 N–H and O–H groups in total. The minimum Gasteiger partial charge on any atom is -0.361 e. The van der Waals surface area contributed by atoms with Gasteiger partial charge in [0.2, 0.25) is 0 Å². The van der Waals surface area contributed by atoms with Crippen LogP contribution in [0.1, 0.15) is 11.1 Å². The average Bonchev–Trinajstić information content (AvgIpc) is 2.30. The number of alkyl halides is 3. The first-order valence-corrected chi connectivity index (χ1v) is 5.14. The number of carbonyl (C=O) groups excluding carboxylic acids is 2. The summed E-state index contributed by atoms with van der Waals surface area (Å²) in [6.45, 7) is -0.725. The van der Waals surface area contributed by atoms with E-state index in [0.29, 0.717) is 4.90 Å². The molecule has 0 aromatic heterocycles. The molecule has 0 saturated heterocycles. The minimum absolute atomic E-state index is 0.112. The number of nitrogens with two attached hydrogens (primary N) is 1. The van der Waals surface area contributed by atoms with Crippen LogP contribution in [-0.2, 0) is 22.3 Å². The van der Waals surface area contributed by atoms with Gasteiger partial charge < -0.3 is 10.6 Å². The normalized spacial score (nSPS) is 11.3. The fraction of sp³-hybridized carbons (Fsp3) is 0.273. The van der Waals surface area contributed by atoms with E-state index in [-0.39, 0.29) is 12.1 Å². The lowest BCUT2D eigenvalue weighted by Crippen LogP contribution is -2.37. The van der Waals surface area contributed by atoms with E-state index < -0.39 is 47.3 Å². The Morgan fingerprint density at radius 1 is 1.20 bits per heavy atom. The summed E-state index contributed by atoms with van der Waals surface area (Å²) in [4.78, 5) is 22.3. The Hall–Kier alpha value is -2.19. The summed E-state index contributed by atoms with van der Waals surface area (Å²) >= 11 is 0. The first-order valence-electron chi connectivity index (χ1n) is 5.14. The summed E-state index contributed by atoms with van der Waals surface area (Å²) in [6.07, 6.45) is -4.89. The van der Waals surface area contributed by atoms with Crippen LogP contribution in [0.2, 0.25) is 0 Å². The molecule has 0 saturated carbocycles. The van der Waals surface area contributed by atoms with Crippen LogP contribution >= 0.6 is 0 Å². The third-order valence-corrected chi connectivity index (χ3v) is 2.42. The molecular weight excluding hydrogens is 287 g/mol. The molecule has 1 aromatic carbocycles. The number of carbonyl (C=O) groups is 2. The molecule has 0 fully saturated rings. The maximum Gasteiger partial charge on any atom is 0.416 e. The van der Waals surface area contributed by atoms with Gasteiger partial charge in [0.1, 0.15) is 11.6 Å². The van der Waals surface area contributed by atoms with Crippen molar-refractivity contribution in [3.8, 4) is 0 Å². The summed E-state index contributed by atoms with van der Waals surface area (Å²) in [5.74, 6) is -5.51. The van der Waals surface area contributed by atoms with Crippen LogP contribution in [0.3, 0.4) is 0 Å². The summed E-state index contributed by atoms with van der Waals surface area (Å²) in [6, 6.07) is 0.224. The monoisotopic (exact) mass is 296 g/mol. The van der Waals surface area contributed by atoms with Crippen LogP contribution < -0.4 is 5.73 Å². The lowest BCUT2D eigenvalue weighted by Gasteiger charge is -2.17. The van der Waals surface area contributed by atoms with Crippen LogP contribution in [-0.4, -0.2) is 23.8 Å². The number of primary amides is 1. The van der Waals surface area contributed by atoms with Gasteiger partial charge in [-0.2, -0.15) is 13.2 Å². The van der Waals surface area contributed by atoms with Gasteiger partial charge in [0.05, 0.1) is 12.1 Å². The highest BCUT2D eigenvalue weighted by Gasteiger charge is 2.33. The van der Waals surface area contributed by atoms with Gasteiger partial charge in [-0.3, -0.25) is 9.59 Å². The first kappa shape index (κ1) is 15.9. The van der Waals surface area contributed by atoms with Gasteiger partial charge in [0, 0.05) is 12.6 Å². The van der Waals surface area contributed by atoms with Crippen molar-refractivity contribution < 1.29 is 31.5 Å². The molecule has 0 aliphatic heterocycles. The maximum absolute atomic E-state index is 13.5. The minimum atomic E-state index is -4.89. The Morgan fingerprint density at radius 3 is 2.00 bits per heavy atom. The van der Waals surface area contributed by atoms with Crippen LogP contribution in [0, 0.1) is 11.6 Å². The quantitative estimate of drug-likeness (QED) is 0.663. The summed E-state index contributed by atoms with van der Waals surface area (Å²) in [7, 11) is 1.03. The molecule has 0 atom stereocenters. The van der Waals surface area contributed by atoms with E-state index in [9.17, 15) is 31.5 Å². The van der Waals surface area contributed by atoms with Gasteiger partial charge in [-0.25, -0.2) is 8.78 Å². The topological polar surface area (TPSA) is 63.4 Å². The van der Waals surface area contributed by atoms with Gasteiger partial charge in [-0.15, -0.1) is 0 Å². The van der Waals surface area contributed by atoms with Crippen molar-refractivity contribution in [1.29, 1.82) is 0 Å². The molecule has 0 spiro atoms. The van der Waals surface area contributed by atoms with Gasteiger partial charge >= 0.3 is 18.0 Å². The van der Waals surface area contributed by atoms with Gasteiger partial charge in [-0.05, 0) is 12.1 Å². The molecule has 1 aromatic rings. The Bertz CT molecular complexity index is 533. The molecule has 110 valence electrons. The summed E-state index contributed by atoms with van der Waals surface area (Å²) in [5.41, 5.74) is 2.43. The van der Waals surface area contributed by atoms with Gasteiger partial charge in [-0.1, -0.05) is 0 Å². The number of likely N-dealkylation sites (N-methyl/N-ethyl adjacent to an activating group) is 1. The van der Waals surface area contributed by atoms with Crippen molar-refractivity contribution in [2.45, 2.75) is 12.7 Å². The maximum atomic E-state index is 13.5. The van der Waals surface area contributed by atoms with Crippen molar-refractivity contribution in [2.24, 2.45) is 5.73 Å². The zero-order valence-electron chi connectivity index (χ0n) is 10.1. The van der Waals surface area contributed by atoms with Crippen LogP contribution in [0.15, 0.2) is 12.1 Å². The van der Waals surface area contributed by atoms with Gasteiger partial charge in [0.25, 0.3) is 0 Å². The molecule has 0 bridgehead atoms. The average molecular weight is 296 g/mol. The van der Waals surface area contributed by atoms with E-state index in [0.717, 1.165) is 7.05 Å². The fourth-order valence-electron chi connectivity index (χ4n) is 1.41. The Morgan fingerprint density at radius 2 is 1.65 bits per heavy atom. The number of amides is 2. The van der Waals surface area contributed by atoms with E-state index >= 15 is 0 Å². The molecule has 20 heavy (non-hydrogen) atoms. The molecule has 2 amide bonds. The van der Waals surface area contributed by atoms with Crippen LogP contribution in [0.25, 0.3) is 0 Å². The lowest BCUT2D eigenvalue weighted by atomic mass is 10.1. The first-order chi connectivity index (χ1) is 9.04. The molecule has 0 radical (unpaired) electrons. The number of hydrogen-bond donors (Lipinski definition) is 1. The highest BCUT2D eigenvalue weighted by molar-refractivity contribution is 6.34. The number of halogens is 5. The van der Waals surface area contributed by atoms with Crippen molar-refractivity contribution in [3.63, 3.8) is 0 Å². The van der Waals surface area contributed by atoms with Gasteiger partial charge in [0.15, 0.2) is 0 Å². The Kier molecular flexibility index (Phi) is 4.31. The van der Waals surface area contributed by atoms with E-state index in [2.05, 4.69) is 5.73 Å². The van der Waals surface area contributed by atoms with Crippen molar-refractivity contribution in [1.82, 2.24) is 4.90 Å². The third-order valence-electron chi connectivity index (χ3n) is 2.42. The number of nitrogens with zero attached hydrogens (tertiary/aromatic N) is 1. The second kappa shape index (κ2) is 5.43. The standard InChI is InChI=1S/C11H9F5N2O2/c1-18(10(20)9(17)19)4-6-7(12)2-5(3-8(6)13)11(14,15)16/h2-3H,4H2,1H3,(H2,17,19). The molecular formula is C11H9F5N2O2. The summed E-state index contributed by atoms with van der Waals surface area (Å²) in [5, 5.41) is 0. The molecule has 4 nitrogen and oxygen atoms in total. The molecule has 0 heterocycles. The van der Waals surface area contributed by atoms with E-state index in [1.54, 1.807) is 0 Å². The van der Waals surface area contributed by atoms with E-state index in [4.69, 9.17) is 0 Å².